The van der Waals surface area contributed by atoms with Crippen molar-refractivity contribution in [2.45, 2.75) is 0 Å². The average molecular weight is 776 g/mol. The van der Waals surface area contributed by atoms with Gasteiger partial charge in [0.2, 0.25) is 0 Å². The number of rotatable bonds is 6. The van der Waals surface area contributed by atoms with Crippen LogP contribution in [0.5, 0.6) is 0 Å². The first-order chi connectivity index (χ1) is 30.2. The van der Waals surface area contributed by atoms with Crippen LogP contribution in [-0.2, 0) is 0 Å². The van der Waals surface area contributed by atoms with E-state index in [-0.39, 0.29) is 0 Å². The molecule has 10 aromatic carbocycles. The molecule has 0 saturated carbocycles. The maximum Gasteiger partial charge on any atom is 0.160 e. The molecule has 0 aliphatic heterocycles. The zero-order chi connectivity index (χ0) is 40.3. The molecular formula is C58H37N3. The molecule has 0 saturated heterocycles. The first kappa shape index (κ1) is 34.9. The smallest absolute Gasteiger partial charge is 0.160 e. The van der Waals surface area contributed by atoms with Crippen LogP contribution in [0.1, 0.15) is 0 Å². The van der Waals surface area contributed by atoms with Crippen LogP contribution in [-0.4, -0.2) is 14.5 Å². The molecule has 0 bridgehead atoms. The molecule has 284 valence electrons. The van der Waals surface area contributed by atoms with Gasteiger partial charge in [-0.25, -0.2) is 9.97 Å². The van der Waals surface area contributed by atoms with Crippen LogP contribution in [0.15, 0.2) is 224 Å². The average Bonchev–Trinajstić information content (AvgIpc) is 3.68. The molecule has 12 aromatic rings. The fourth-order valence-electron chi connectivity index (χ4n) is 9.26. The summed E-state index contributed by atoms with van der Waals surface area (Å²) in [5.74, 6) is 0.699. The van der Waals surface area contributed by atoms with Gasteiger partial charge in [0.15, 0.2) is 5.82 Å². The second-order valence-corrected chi connectivity index (χ2v) is 15.8. The van der Waals surface area contributed by atoms with Crippen LogP contribution in [0, 0.1) is 0 Å². The summed E-state index contributed by atoms with van der Waals surface area (Å²) in [6, 6.07) is 80.5. The molecule has 0 amide bonds. The molecular weight excluding hydrogens is 739 g/mol. The number of nitrogens with zero attached hydrogens (tertiary/aromatic N) is 3. The normalized spacial score (nSPS) is 11.6. The maximum atomic E-state index is 5.22. The molecule has 2 aromatic heterocycles. The van der Waals surface area contributed by atoms with Crippen molar-refractivity contribution in [3.63, 3.8) is 0 Å². The Morgan fingerprint density at radius 1 is 0.279 bits per heavy atom. The Morgan fingerprint density at radius 3 is 1.54 bits per heavy atom. The molecule has 0 aliphatic rings. The van der Waals surface area contributed by atoms with E-state index in [1.807, 2.05) is 18.2 Å². The minimum Gasteiger partial charge on any atom is -0.309 e. The molecule has 0 aliphatic carbocycles. The van der Waals surface area contributed by atoms with Crippen LogP contribution < -0.4 is 0 Å². The van der Waals surface area contributed by atoms with Gasteiger partial charge in [0.1, 0.15) is 0 Å². The van der Waals surface area contributed by atoms with Crippen molar-refractivity contribution in [3.05, 3.63) is 224 Å². The lowest BCUT2D eigenvalue weighted by molar-refractivity contribution is 1.18. The van der Waals surface area contributed by atoms with Crippen molar-refractivity contribution in [1.82, 2.24) is 14.5 Å². The van der Waals surface area contributed by atoms with Gasteiger partial charge in [0, 0.05) is 33.2 Å². The quantitative estimate of drug-likeness (QED) is 0.124. The summed E-state index contributed by atoms with van der Waals surface area (Å²) in [5.41, 5.74) is 13.1. The van der Waals surface area contributed by atoms with Crippen molar-refractivity contribution in [1.29, 1.82) is 0 Å². The van der Waals surface area contributed by atoms with E-state index < -0.39 is 0 Å². The lowest BCUT2D eigenvalue weighted by Gasteiger charge is -2.15. The van der Waals surface area contributed by atoms with E-state index in [2.05, 4.69) is 211 Å². The summed E-state index contributed by atoms with van der Waals surface area (Å²) in [6.45, 7) is 0. The van der Waals surface area contributed by atoms with Gasteiger partial charge in [0.25, 0.3) is 0 Å². The molecule has 0 N–H and O–H groups in total. The summed E-state index contributed by atoms with van der Waals surface area (Å²) in [6.07, 6.45) is 0. The van der Waals surface area contributed by atoms with Crippen LogP contribution in [0.4, 0.5) is 0 Å². The van der Waals surface area contributed by atoms with E-state index in [1.165, 1.54) is 59.7 Å². The molecule has 0 fully saturated rings. The fraction of sp³-hybridized carbons (Fsp3) is 0. The van der Waals surface area contributed by atoms with E-state index in [4.69, 9.17) is 9.97 Å². The molecule has 3 heteroatoms. The monoisotopic (exact) mass is 775 g/mol. The van der Waals surface area contributed by atoms with Crippen LogP contribution in [0.3, 0.4) is 0 Å². The highest BCUT2D eigenvalue weighted by atomic mass is 15.0. The molecule has 12 rings (SSSR count). The lowest BCUT2D eigenvalue weighted by atomic mass is 9.89. The predicted octanol–water partition coefficient (Wildman–Crippen LogP) is 15.4. The van der Waals surface area contributed by atoms with Gasteiger partial charge in [-0.15, -0.1) is 0 Å². The van der Waals surface area contributed by atoms with Gasteiger partial charge >= 0.3 is 0 Å². The molecule has 0 spiro atoms. The van der Waals surface area contributed by atoms with Gasteiger partial charge in [-0.3, -0.25) is 0 Å². The Hall–Kier alpha value is -8.14. The van der Waals surface area contributed by atoms with Crippen LogP contribution in [0.25, 0.3) is 116 Å². The largest absolute Gasteiger partial charge is 0.309 e. The van der Waals surface area contributed by atoms with E-state index in [0.717, 1.165) is 50.5 Å². The fourth-order valence-corrected chi connectivity index (χ4v) is 9.26. The minimum absolute atomic E-state index is 0.699. The molecule has 3 nitrogen and oxygen atoms in total. The topological polar surface area (TPSA) is 30.7 Å². The number of para-hydroxylation sites is 2. The van der Waals surface area contributed by atoms with Crippen LogP contribution in [0.2, 0.25) is 0 Å². The highest BCUT2D eigenvalue weighted by Gasteiger charge is 2.16. The number of hydrogen-bond donors (Lipinski definition) is 0. The van der Waals surface area contributed by atoms with Crippen molar-refractivity contribution in [2.75, 3.05) is 0 Å². The first-order valence-corrected chi connectivity index (χ1v) is 20.8. The molecule has 0 unspecified atom stereocenters. The third-order valence-corrected chi connectivity index (χ3v) is 12.2. The van der Waals surface area contributed by atoms with E-state index >= 15 is 0 Å². The second kappa shape index (κ2) is 14.3. The highest BCUT2D eigenvalue weighted by Crippen LogP contribution is 2.41. The maximum absolute atomic E-state index is 5.22. The number of hydrogen-bond acceptors (Lipinski definition) is 2. The van der Waals surface area contributed by atoms with E-state index in [1.54, 1.807) is 0 Å². The van der Waals surface area contributed by atoms with Gasteiger partial charge in [-0.2, -0.15) is 0 Å². The van der Waals surface area contributed by atoms with Gasteiger partial charge in [-0.05, 0) is 97.0 Å². The minimum atomic E-state index is 0.699. The number of benzene rings is 10. The predicted molar refractivity (Wildman–Crippen MR) is 256 cm³/mol. The van der Waals surface area contributed by atoms with Gasteiger partial charge in [0.05, 0.1) is 22.4 Å². The van der Waals surface area contributed by atoms with Crippen molar-refractivity contribution >= 4 is 54.1 Å². The Morgan fingerprint density at radius 2 is 0.820 bits per heavy atom. The zero-order valence-corrected chi connectivity index (χ0v) is 33.2. The molecule has 61 heavy (non-hydrogen) atoms. The third kappa shape index (κ3) is 5.98. The van der Waals surface area contributed by atoms with Gasteiger partial charge < -0.3 is 4.57 Å². The second-order valence-electron chi connectivity index (χ2n) is 15.8. The summed E-state index contributed by atoms with van der Waals surface area (Å²) in [4.78, 5) is 10.4. The van der Waals surface area contributed by atoms with Crippen molar-refractivity contribution in [2.24, 2.45) is 0 Å². The van der Waals surface area contributed by atoms with Gasteiger partial charge in [-0.1, -0.05) is 182 Å². The summed E-state index contributed by atoms with van der Waals surface area (Å²) >= 11 is 0. The third-order valence-electron chi connectivity index (χ3n) is 12.2. The Labute approximate surface area is 353 Å². The standard InChI is InChI=1S/C58H37N3/c1-2-14-42(15-3-1)58-59-53(41-27-25-38(26-28-41)39-29-32-46(33-30-39)61-55-23-10-8-21-49(55)50-22-9-11-24-56(50)61)37-54(60-58)44-17-12-18-45(35-44)57-48-20-7-5-16-43(48)36-52-47-19-6-4-13-40(47)31-34-51(52)57/h1-37H. The summed E-state index contributed by atoms with van der Waals surface area (Å²) in [7, 11) is 0. The zero-order valence-electron chi connectivity index (χ0n) is 33.2. The van der Waals surface area contributed by atoms with Crippen molar-refractivity contribution < 1.29 is 0 Å². The SMILES string of the molecule is c1ccc(-c2nc(-c3ccc(-c4ccc(-n5c6ccccc6c6ccccc65)cc4)cc3)cc(-c3cccc(-c4c5ccccc5cc5c4ccc4ccccc45)c3)n2)cc1. The van der Waals surface area contributed by atoms with E-state index in [0.29, 0.717) is 5.82 Å². The Kier molecular flexibility index (Phi) is 8.17. The van der Waals surface area contributed by atoms with Crippen molar-refractivity contribution in [3.8, 4) is 61.8 Å². The summed E-state index contributed by atoms with van der Waals surface area (Å²) in [5, 5.41) is 10.00. The van der Waals surface area contributed by atoms with Crippen LogP contribution >= 0.6 is 0 Å². The summed E-state index contributed by atoms with van der Waals surface area (Å²) < 4.78 is 2.36. The highest BCUT2D eigenvalue weighted by molar-refractivity contribution is 6.20. The number of aromatic nitrogens is 3. The Balaban J connectivity index is 0.935. The first-order valence-electron chi connectivity index (χ1n) is 20.8. The molecule has 2 heterocycles. The Bertz CT molecular complexity index is 3570. The lowest BCUT2D eigenvalue weighted by Crippen LogP contribution is -1.96. The number of fused-ring (bicyclic) bond motifs is 7. The molecule has 0 atom stereocenters. The molecule has 0 radical (unpaired) electrons. The van der Waals surface area contributed by atoms with E-state index in [9.17, 15) is 0 Å².